The first-order valence-electron chi connectivity index (χ1n) is 9.88. The fourth-order valence-corrected chi connectivity index (χ4v) is 4.20. The molecule has 0 heterocycles. The Labute approximate surface area is 171 Å². The largest absolute Gasteiger partial charge is 0.207 e. The second kappa shape index (κ2) is 8.10. The third kappa shape index (κ3) is 3.92. The maximum atomic E-state index is 14.2. The summed E-state index contributed by atoms with van der Waals surface area (Å²) in [6.07, 6.45) is 2.71. The van der Waals surface area contributed by atoms with Gasteiger partial charge in [-0.25, -0.2) is 22.0 Å². The highest BCUT2D eigenvalue weighted by Gasteiger charge is 2.26. The number of rotatable bonds is 1. The Bertz CT molecular complexity index is 1150. The van der Waals surface area contributed by atoms with Gasteiger partial charge in [-0.1, -0.05) is 17.9 Å². The van der Waals surface area contributed by atoms with Crippen LogP contribution < -0.4 is 0 Å². The normalized spacial score (nSPS) is 18.9. The van der Waals surface area contributed by atoms with Crippen LogP contribution in [-0.2, 0) is 0 Å². The third-order valence-electron chi connectivity index (χ3n) is 5.75. The highest BCUT2D eigenvalue weighted by molar-refractivity contribution is 5.84. The van der Waals surface area contributed by atoms with Crippen molar-refractivity contribution in [2.75, 3.05) is 0 Å². The fourth-order valence-electron chi connectivity index (χ4n) is 4.20. The summed E-state index contributed by atoms with van der Waals surface area (Å²) < 4.78 is 69.1. The molecule has 0 radical (unpaired) electrons. The summed E-state index contributed by atoms with van der Waals surface area (Å²) in [6.45, 7) is 1.66. The molecule has 3 aromatic carbocycles. The van der Waals surface area contributed by atoms with Crippen molar-refractivity contribution < 1.29 is 22.0 Å². The van der Waals surface area contributed by atoms with Crippen molar-refractivity contribution in [1.29, 1.82) is 0 Å². The van der Waals surface area contributed by atoms with E-state index in [1.165, 1.54) is 24.3 Å². The van der Waals surface area contributed by atoms with Gasteiger partial charge in [0.2, 0.25) is 0 Å². The van der Waals surface area contributed by atoms with Crippen LogP contribution >= 0.6 is 0 Å². The summed E-state index contributed by atoms with van der Waals surface area (Å²) >= 11 is 0. The minimum atomic E-state index is -1.49. The number of benzene rings is 3. The van der Waals surface area contributed by atoms with Crippen LogP contribution in [0.4, 0.5) is 22.0 Å². The zero-order valence-electron chi connectivity index (χ0n) is 16.3. The second-order valence-electron chi connectivity index (χ2n) is 7.88. The number of aryl methyl sites for hydroxylation is 1. The van der Waals surface area contributed by atoms with E-state index in [9.17, 15) is 22.0 Å². The Morgan fingerprint density at radius 3 is 2.10 bits per heavy atom. The number of fused-ring (bicyclic) bond motifs is 1. The zero-order chi connectivity index (χ0) is 21.4. The van der Waals surface area contributed by atoms with E-state index in [-0.39, 0.29) is 28.2 Å². The van der Waals surface area contributed by atoms with Crippen molar-refractivity contribution in [1.82, 2.24) is 0 Å². The zero-order valence-corrected chi connectivity index (χ0v) is 16.3. The van der Waals surface area contributed by atoms with Gasteiger partial charge in [0.1, 0.15) is 11.6 Å². The highest BCUT2D eigenvalue weighted by Crippen LogP contribution is 2.38. The van der Waals surface area contributed by atoms with Gasteiger partial charge in [-0.05, 0) is 79.8 Å². The lowest BCUT2D eigenvalue weighted by Gasteiger charge is -2.26. The van der Waals surface area contributed by atoms with Crippen molar-refractivity contribution in [3.8, 4) is 11.8 Å². The van der Waals surface area contributed by atoms with Crippen LogP contribution in [-0.4, -0.2) is 0 Å². The van der Waals surface area contributed by atoms with E-state index in [1.54, 1.807) is 13.0 Å². The van der Waals surface area contributed by atoms with Crippen molar-refractivity contribution in [3.05, 3.63) is 82.2 Å². The Hall–Kier alpha value is -2.87. The van der Waals surface area contributed by atoms with Gasteiger partial charge in [0, 0.05) is 22.4 Å². The maximum Gasteiger partial charge on any atom is 0.195 e. The first-order chi connectivity index (χ1) is 14.3. The average Bonchev–Trinajstić information content (AvgIpc) is 2.70. The van der Waals surface area contributed by atoms with E-state index in [4.69, 9.17) is 0 Å². The van der Waals surface area contributed by atoms with E-state index in [0.29, 0.717) is 36.8 Å². The van der Waals surface area contributed by atoms with Crippen molar-refractivity contribution >= 4 is 10.8 Å². The van der Waals surface area contributed by atoms with Gasteiger partial charge in [-0.15, -0.1) is 0 Å². The van der Waals surface area contributed by atoms with E-state index >= 15 is 0 Å². The molecule has 1 fully saturated rings. The van der Waals surface area contributed by atoms with Gasteiger partial charge in [-0.3, -0.25) is 0 Å². The second-order valence-corrected chi connectivity index (χ2v) is 7.88. The van der Waals surface area contributed by atoms with E-state index in [0.717, 1.165) is 6.07 Å². The van der Waals surface area contributed by atoms with Crippen LogP contribution in [0.1, 0.15) is 48.3 Å². The topological polar surface area (TPSA) is 0 Å². The molecule has 0 spiro atoms. The summed E-state index contributed by atoms with van der Waals surface area (Å²) in [5.74, 6) is 1.16. The van der Waals surface area contributed by atoms with Gasteiger partial charge in [-0.2, -0.15) is 0 Å². The molecule has 0 aromatic heterocycles. The molecule has 3 aromatic rings. The van der Waals surface area contributed by atoms with Crippen LogP contribution in [0.25, 0.3) is 10.8 Å². The molecule has 0 atom stereocenters. The molecule has 0 aliphatic heterocycles. The molecular weight excluding hydrogens is 395 g/mol. The van der Waals surface area contributed by atoms with Crippen LogP contribution in [0.15, 0.2) is 36.4 Å². The van der Waals surface area contributed by atoms with Gasteiger partial charge in [0.25, 0.3) is 0 Å². The van der Waals surface area contributed by atoms with Crippen LogP contribution in [0.2, 0.25) is 0 Å². The molecule has 0 nitrogen and oxygen atoms in total. The molecule has 0 amide bonds. The third-order valence-corrected chi connectivity index (χ3v) is 5.75. The Morgan fingerprint density at radius 2 is 1.43 bits per heavy atom. The average molecular weight is 414 g/mol. The summed E-state index contributed by atoms with van der Waals surface area (Å²) in [7, 11) is 0. The van der Waals surface area contributed by atoms with Crippen LogP contribution in [0.5, 0.6) is 0 Å². The molecule has 1 saturated carbocycles. The van der Waals surface area contributed by atoms with E-state index in [1.807, 2.05) is 0 Å². The first-order valence-corrected chi connectivity index (χ1v) is 9.88. The molecule has 0 N–H and O–H groups in total. The number of hydrogen-bond donors (Lipinski definition) is 0. The molecule has 1 aliphatic rings. The lowest BCUT2D eigenvalue weighted by Crippen LogP contribution is -2.14. The predicted molar refractivity (Wildman–Crippen MR) is 106 cm³/mol. The quantitative estimate of drug-likeness (QED) is 0.225. The van der Waals surface area contributed by atoms with E-state index in [2.05, 4.69) is 11.8 Å². The molecule has 154 valence electrons. The molecule has 4 rings (SSSR count). The molecule has 1 aliphatic carbocycles. The Kier molecular flexibility index (Phi) is 5.51. The van der Waals surface area contributed by atoms with Crippen molar-refractivity contribution in [3.63, 3.8) is 0 Å². The smallest absolute Gasteiger partial charge is 0.195 e. The molecular formula is C25H19F5. The SMILES string of the molecule is Cc1cc(F)c(C2CCC(C#Cc3ccc4c(F)c(F)c(F)cc4c3)CC2)c(F)c1. The minimum absolute atomic E-state index is 0.00195. The Balaban J connectivity index is 1.48. The molecule has 0 saturated heterocycles. The van der Waals surface area contributed by atoms with Gasteiger partial charge in [0.05, 0.1) is 0 Å². The summed E-state index contributed by atoms with van der Waals surface area (Å²) in [5, 5.41) is 0.245. The van der Waals surface area contributed by atoms with Gasteiger partial charge >= 0.3 is 0 Å². The highest BCUT2D eigenvalue weighted by atomic mass is 19.2. The molecule has 0 unspecified atom stereocenters. The summed E-state index contributed by atoms with van der Waals surface area (Å²) in [4.78, 5) is 0. The Morgan fingerprint density at radius 1 is 0.767 bits per heavy atom. The first kappa shape index (κ1) is 20.4. The monoisotopic (exact) mass is 414 g/mol. The lowest BCUT2D eigenvalue weighted by atomic mass is 9.78. The van der Waals surface area contributed by atoms with Crippen LogP contribution in [0.3, 0.4) is 0 Å². The van der Waals surface area contributed by atoms with E-state index < -0.39 is 29.1 Å². The van der Waals surface area contributed by atoms with Crippen molar-refractivity contribution in [2.45, 2.75) is 38.5 Å². The predicted octanol–water partition coefficient (Wildman–Crippen LogP) is 7.17. The molecule has 0 bridgehead atoms. The summed E-state index contributed by atoms with van der Waals surface area (Å²) in [6, 6.07) is 8.16. The standard InChI is InChI=1S/C25H19F5/c1-14-10-20(26)23(21(27)11-14)17-7-4-15(5-8-17)2-3-16-6-9-19-18(12-16)13-22(28)25(30)24(19)29/h6,9-13,15,17H,4-5,7-8H2,1H3. The molecule has 30 heavy (non-hydrogen) atoms. The summed E-state index contributed by atoms with van der Waals surface area (Å²) in [5.41, 5.74) is 1.30. The maximum absolute atomic E-state index is 14.2. The van der Waals surface area contributed by atoms with Crippen LogP contribution in [0, 0.1) is 53.8 Å². The fraction of sp³-hybridized carbons (Fsp3) is 0.280. The molecule has 5 heteroatoms. The lowest BCUT2D eigenvalue weighted by molar-refractivity contribution is 0.366. The minimum Gasteiger partial charge on any atom is -0.207 e. The number of hydrogen-bond acceptors (Lipinski definition) is 0. The van der Waals surface area contributed by atoms with Crippen molar-refractivity contribution in [2.24, 2.45) is 5.92 Å². The number of halogens is 5. The van der Waals surface area contributed by atoms with Gasteiger partial charge < -0.3 is 0 Å². The van der Waals surface area contributed by atoms with Gasteiger partial charge in [0.15, 0.2) is 17.5 Å².